The molecule has 0 aliphatic rings. The molecule has 1 rings (SSSR count). The number of nitrogens with one attached hydrogen (secondary N) is 2. The van der Waals surface area contributed by atoms with Crippen molar-refractivity contribution in [1.29, 1.82) is 0 Å². The second-order valence-corrected chi connectivity index (χ2v) is 4.56. The largest absolute Gasteiger partial charge is 0.369 e. The highest BCUT2D eigenvalue weighted by Gasteiger charge is 2.02. The summed E-state index contributed by atoms with van der Waals surface area (Å²) in [6.45, 7) is 5.99. The highest BCUT2D eigenvalue weighted by molar-refractivity contribution is 7.98. The van der Waals surface area contributed by atoms with E-state index in [0.717, 1.165) is 36.6 Å². The highest BCUT2D eigenvalue weighted by Crippen LogP contribution is 2.12. The van der Waals surface area contributed by atoms with Crippen molar-refractivity contribution in [3.05, 3.63) is 11.8 Å². The molecule has 0 aromatic carbocycles. The van der Waals surface area contributed by atoms with Crippen molar-refractivity contribution in [2.45, 2.75) is 20.3 Å². The van der Waals surface area contributed by atoms with E-state index < -0.39 is 0 Å². The van der Waals surface area contributed by atoms with Gasteiger partial charge in [0.15, 0.2) is 0 Å². The lowest BCUT2D eigenvalue weighted by Gasteiger charge is -2.09. The zero-order chi connectivity index (χ0) is 11.8. The third-order valence-corrected chi connectivity index (χ3v) is 2.72. The molecule has 0 fully saturated rings. The minimum absolute atomic E-state index is 0.708. The Kier molecular flexibility index (Phi) is 6.00. The normalized spacial score (nSPS) is 10.2. The molecule has 1 aromatic heterocycles. The van der Waals surface area contributed by atoms with Crippen LogP contribution in [-0.4, -0.2) is 35.1 Å². The summed E-state index contributed by atoms with van der Waals surface area (Å²) < 4.78 is 0. The molecular weight excluding hydrogens is 220 g/mol. The lowest BCUT2D eigenvalue weighted by molar-refractivity contribution is 0.948. The maximum Gasteiger partial charge on any atom is 0.224 e. The summed E-state index contributed by atoms with van der Waals surface area (Å²) in [6.07, 6.45) is 5.03. The molecule has 0 spiro atoms. The van der Waals surface area contributed by atoms with Gasteiger partial charge in [-0.2, -0.15) is 16.7 Å². The van der Waals surface area contributed by atoms with Gasteiger partial charge in [-0.05, 0) is 19.6 Å². The van der Waals surface area contributed by atoms with Gasteiger partial charge < -0.3 is 10.6 Å². The van der Waals surface area contributed by atoms with Gasteiger partial charge in [-0.3, -0.25) is 0 Å². The maximum absolute atomic E-state index is 4.44. The molecule has 0 atom stereocenters. The van der Waals surface area contributed by atoms with Crippen LogP contribution >= 0.6 is 11.8 Å². The smallest absolute Gasteiger partial charge is 0.224 e. The molecule has 1 aromatic rings. The number of anilines is 2. The molecule has 0 aliphatic carbocycles. The van der Waals surface area contributed by atoms with E-state index in [4.69, 9.17) is 0 Å². The van der Waals surface area contributed by atoms with E-state index in [1.807, 2.05) is 24.9 Å². The Morgan fingerprint density at radius 2 is 2.12 bits per heavy atom. The topological polar surface area (TPSA) is 49.8 Å². The number of hydrogen-bond donors (Lipinski definition) is 2. The average molecular weight is 240 g/mol. The summed E-state index contributed by atoms with van der Waals surface area (Å²) in [5.74, 6) is 2.73. The van der Waals surface area contributed by atoms with E-state index in [2.05, 4.69) is 33.8 Å². The zero-order valence-electron chi connectivity index (χ0n) is 10.2. The standard InChI is InChI=1S/C11H20N4S/c1-4-5-13-11-14-8-9(2)10(15-11)12-6-7-16-3/h8H,4-7H2,1-3H3,(H2,12,13,14,15). The van der Waals surface area contributed by atoms with E-state index in [0.29, 0.717) is 5.95 Å². The van der Waals surface area contributed by atoms with Crippen LogP contribution in [0.15, 0.2) is 6.20 Å². The number of aromatic nitrogens is 2. The van der Waals surface area contributed by atoms with Crippen LogP contribution in [0, 0.1) is 6.92 Å². The second-order valence-electron chi connectivity index (χ2n) is 3.57. The van der Waals surface area contributed by atoms with Gasteiger partial charge in [0.1, 0.15) is 5.82 Å². The van der Waals surface area contributed by atoms with Crippen molar-refractivity contribution in [2.75, 3.05) is 35.7 Å². The van der Waals surface area contributed by atoms with Gasteiger partial charge >= 0.3 is 0 Å². The van der Waals surface area contributed by atoms with E-state index >= 15 is 0 Å². The monoisotopic (exact) mass is 240 g/mol. The van der Waals surface area contributed by atoms with Crippen molar-refractivity contribution >= 4 is 23.5 Å². The van der Waals surface area contributed by atoms with Gasteiger partial charge in [-0.1, -0.05) is 6.92 Å². The first kappa shape index (κ1) is 13.1. The fraction of sp³-hybridized carbons (Fsp3) is 0.636. The lowest BCUT2D eigenvalue weighted by Crippen LogP contribution is -2.10. The number of rotatable bonds is 7. The Labute approximate surface area is 102 Å². The molecule has 2 N–H and O–H groups in total. The van der Waals surface area contributed by atoms with Crippen LogP contribution in [0.2, 0.25) is 0 Å². The first-order valence-corrected chi connectivity index (χ1v) is 6.97. The van der Waals surface area contributed by atoms with Gasteiger partial charge in [0.2, 0.25) is 5.95 Å². The number of nitrogens with zero attached hydrogens (tertiary/aromatic N) is 2. The van der Waals surface area contributed by atoms with Crippen molar-refractivity contribution < 1.29 is 0 Å². The van der Waals surface area contributed by atoms with E-state index in [-0.39, 0.29) is 0 Å². The van der Waals surface area contributed by atoms with Gasteiger partial charge in [0.05, 0.1) is 0 Å². The molecule has 16 heavy (non-hydrogen) atoms. The molecule has 0 bridgehead atoms. The molecule has 5 heteroatoms. The van der Waals surface area contributed by atoms with Gasteiger partial charge in [0.25, 0.3) is 0 Å². The highest BCUT2D eigenvalue weighted by atomic mass is 32.2. The fourth-order valence-electron chi connectivity index (χ4n) is 1.21. The second kappa shape index (κ2) is 7.33. The number of thioether (sulfide) groups is 1. The average Bonchev–Trinajstić information content (AvgIpc) is 2.30. The maximum atomic E-state index is 4.44. The molecule has 0 unspecified atom stereocenters. The Morgan fingerprint density at radius 3 is 2.81 bits per heavy atom. The predicted molar refractivity (Wildman–Crippen MR) is 72.4 cm³/mol. The molecule has 0 aliphatic heterocycles. The van der Waals surface area contributed by atoms with Crippen molar-refractivity contribution in [3.8, 4) is 0 Å². The molecule has 4 nitrogen and oxygen atoms in total. The van der Waals surface area contributed by atoms with E-state index in [1.54, 1.807) is 0 Å². The van der Waals surface area contributed by atoms with E-state index in [9.17, 15) is 0 Å². The predicted octanol–water partition coefficient (Wildman–Crippen LogP) is 2.38. The number of hydrogen-bond acceptors (Lipinski definition) is 5. The first-order valence-electron chi connectivity index (χ1n) is 5.58. The van der Waals surface area contributed by atoms with Crippen LogP contribution in [0.1, 0.15) is 18.9 Å². The lowest BCUT2D eigenvalue weighted by atomic mass is 10.3. The molecule has 0 amide bonds. The van der Waals surface area contributed by atoms with Crippen LogP contribution in [0.25, 0.3) is 0 Å². The fourth-order valence-corrected chi connectivity index (χ4v) is 1.52. The Bertz CT molecular complexity index is 317. The minimum atomic E-state index is 0.708. The third-order valence-electron chi connectivity index (χ3n) is 2.10. The summed E-state index contributed by atoms with van der Waals surface area (Å²) in [7, 11) is 0. The van der Waals surface area contributed by atoms with Crippen LogP contribution in [-0.2, 0) is 0 Å². The summed E-state index contributed by atoms with van der Waals surface area (Å²) in [6, 6.07) is 0. The van der Waals surface area contributed by atoms with Gasteiger partial charge in [-0.15, -0.1) is 0 Å². The number of aryl methyl sites for hydroxylation is 1. The summed E-state index contributed by atoms with van der Waals surface area (Å²) in [5, 5.41) is 6.50. The zero-order valence-corrected chi connectivity index (χ0v) is 11.0. The Hall–Kier alpha value is -0.970. The SMILES string of the molecule is CCCNc1ncc(C)c(NCCSC)n1. The molecule has 90 valence electrons. The Balaban J connectivity index is 2.59. The molecular formula is C11H20N4S. The van der Waals surface area contributed by atoms with Crippen molar-refractivity contribution in [3.63, 3.8) is 0 Å². The van der Waals surface area contributed by atoms with Gasteiger partial charge in [-0.25, -0.2) is 4.98 Å². The Morgan fingerprint density at radius 1 is 1.31 bits per heavy atom. The van der Waals surface area contributed by atoms with Crippen molar-refractivity contribution in [2.24, 2.45) is 0 Å². The van der Waals surface area contributed by atoms with Gasteiger partial charge in [0, 0.05) is 30.6 Å². The first-order chi connectivity index (χ1) is 7.77. The summed E-state index contributed by atoms with van der Waals surface area (Å²) >= 11 is 1.82. The quantitative estimate of drug-likeness (QED) is 0.717. The molecule has 0 saturated carbocycles. The van der Waals surface area contributed by atoms with Crippen LogP contribution in [0.5, 0.6) is 0 Å². The molecule has 0 saturated heterocycles. The minimum Gasteiger partial charge on any atom is -0.369 e. The summed E-state index contributed by atoms with van der Waals surface area (Å²) in [5.41, 5.74) is 1.09. The van der Waals surface area contributed by atoms with E-state index in [1.165, 1.54) is 0 Å². The molecule has 0 radical (unpaired) electrons. The van der Waals surface area contributed by atoms with Crippen LogP contribution < -0.4 is 10.6 Å². The summed E-state index contributed by atoms with van der Waals surface area (Å²) in [4.78, 5) is 8.68. The van der Waals surface area contributed by atoms with Crippen LogP contribution in [0.3, 0.4) is 0 Å². The molecule has 1 heterocycles. The third kappa shape index (κ3) is 4.26. The van der Waals surface area contributed by atoms with Crippen molar-refractivity contribution in [1.82, 2.24) is 9.97 Å². The van der Waals surface area contributed by atoms with Crippen LogP contribution in [0.4, 0.5) is 11.8 Å².